The Bertz CT molecular complexity index is 189. The van der Waals surface area contributed by atoms with E-state index in [0.717, 1.165) is 25.3 Å². The SMILES string of the molecule is CCC(O)(CC)CNC1CCCCCC1C. The van der Waals surface area contributed by atoms with Crippen LogP contribution in [0.3, 0.4) is 0 Å². The van der Waals surface area contributed by atoms with Gasteiger partial charge in [-0.2, -0.15) is 0 Å². The zero-order chi connectivity index (χ0) is 12.0. The third kappa shape index (κ3) is 4.06. The first-order valence-corrected chi connectivity index (χ1v) is 7.07. The van der Waals surface area contributed by atoms with Gasteiger partial charge in [0, 0.05) is 12.6 Å². The first kappa shape index (κ1) is 14.0. The van der Waals surface area contributed by atoms with Gasteiger partial charge in [0.25, 0.3) is 0 Å². The molecule has 0 aromatic heterocycles. The standard InChI is InChI=1S/C14H29NO/c1-4-14(16,5-2)11-15-13-10-8-6-7-9-12(13)3/h12-13,15-16H,4-11H2,1-3H3. The zero-order valence-corrected chi connectivity index (χ0v) is 11.3. The molecule has 0 aromatic carbocycles. The maximum atomic E-state index is 10.3. The molecule has 2 N–H and O–H groups in total. The minimum atomic E-state index is -0.494. The van der Waals surface area contributed by atoms with Gasteiger partial charge >= 0.3 is 0 Å². The second-order valence-electron chi connectivity index (χ2n) is 5.53. The first-order valence-electron chi connectivity index (χ1n) is 7.07. The van der Waals surface area contributed by atoms with Gasteiger partial charge in [0.1, 0.15) is 0 Å². The monoisotopic (exact) mass is 227 g/mol. The molecule has 96 valence electrons. The Hall–Kier alpha value is -0.0800. The Balaban J connectivity index is 2.40. The summed E-state index contributed by atoms with van der Waals surface area (Å²) in [7, 11) is 0. The second kappa shape index (κ2) is 6.61. The van der Waals surface area contributed by atoms with Gasteiger partial charge in [-0.25, -0.2) is 0 Å². The number of hydrogen-bond acceptors (Lipinski definition) is 2. The fourth-order valence-electron chi connectivity index (χ4n) is 2.62. The van der Waals surface area contributed by atoms with Crippen molar-refractivity contribution in [2.75, 3.05) is 6.54 Å². The molecule has 2 nitrogen and oxygen atoms in total. The van der Waals surface area contributed by atoms with Gasteiger partial charge < -0.3 is 10.4 Å². The summed E-state index contributed by atoms with van der Waals surface area (Å²) in [6.45, 7) is 7.25. The van der Waals surface area contributed by atoms with Gasteiger partial charge in [-0.1, -0.05) is 40.0 Å². The van der Waals surface area contributed by atoms with E-state index in [1.807, 2.05) is 0 Å². The van der Waals surface area contributed by atoms with Crippen LogP contribution >= 0.6 is 0 Å². The summed E-state index contributed by atoms with van der Waals surface area (Å²) in [6, 6.07) is 0.618. The van der Waals surface area contributed by atoms with Crippen molar-refractivity contribution < 1.29 is 5.11 Å². The summed E-state index contributed by atoms with van der Waals surface area (Å²) in [4.78, 5) is 0. The zero-order valence-electron chi connectivity index (χ0n) is 11.3. The minimum absolute atomic E-state index is 0.494. The van der Waals surface area contributed by atoms with E-state index in [9.17, 15) is 5.11 Å². The van der Waals surface area contributed by atoms with Crippen LogP contribution in [0.2, 0.25) is 0 Å². The van der Waals surface area contributed by atoms with E-state index in [1.165, 1.54) is 32.1 Å². The van der Waals surface area contributed by atoms with Crippen LogP contribution in [0.15, 0.2) is 0 Å². The highest BCUT2D eigenvalue weighted by atomic mass is 16.3. The Morgan fingerprint density at radius 1 is 1.12 bits per heavy atom. The van der Waals surface area contributed by atoms with E-state index >= 15 is 0 Å². The molecule has 0 heterocycles. The molecule has 2 heteroatoms. The predicted octanol–water partition coefficient (Wildman–Crippen LogP) is 3.10. The lowest BCUT2D eigenvalue weighted by atomic mass is 9.93. The third-order valence-corrected chi connectivity index (χ3v) is 4.37. The Labute approximate surface area is 101 Å². The molecule has 0 saturated heterocycles. The molecular weight excluding hydrogens is 198 g/mol. The molecule has 1 aliphatic carbocycles. The maximum Gasteiger partial charge on any atom is 0.0766 e. The Morgan fingerprint density at radius 2 is 1.75 bits per heavy atom. The van der Waals surface area contributed by atoms with E-state index in [0.29, 0.717) is 6.04 Å². The third-order valence-electron chi connectivity index (χ3n) is 4.37. The van der Waals surface area contributed by atoms with E-state index in [2.05, 4.69) is 26.1 Å². The summed E-state index contributed by atoms with van der Waals surface area (Å²) in [5.74, 6) is 0.764. The smallest absolute Gasteiger partial charge is 0.0766 e. The van der Waals surface area contributed by atoms with Crippen molar-refractivity contribution >= 4 is 0 Å². The summed E-state index contributed by atoms with van der Waals surface area (Å²) >= 11 is 0. The van der Waals surface area contributed by atoms with Gasteiger partial charge in [0.2, 0.25) is 0 Å². The minimum Gasteiger partial charge on any atom is -0.389 e. The average molecular weight is 227 g/mol. The molecule has 0 spiro atoms. The van der Waals surface area contributed by atoms with Crippen LogP contribution in [-0.2, 0) is 0 Å². The molecule has 2 unspecified atom stereocenters. The largest absolute Gasteiger partial charge is 0.389 e. The van der Waals surface area contributed by atoms with E-state index in [-0.39, 0.29) is 0 Å². The van der Waals surface area contributed by atoms with Crippen molar-refractivity contribution in [1.82, 2.24) is 5.32 Å². The maximum absolute atomic E-state index is 10.3. The number of rotatable bonds is 5. The summed E-state index contributed by atoms with van der Waals surface area (Å²) in [6.07, 6.45) is 8.42. The first-order chi connectivity index (χ1) is 7.61. The normalized spacial score (nSPS) is 27.8. The molecule has 0 aromatic rings. The van der Waals surface area contributed by atoms with Crippen molar-refractivity contribution in [1.29, 1.82) is 0 Å². The van der Waals surface area contributed by atoms with E-state index in [4.69, 9.17) is 0 Å². The predicted molar refractivity (Wildman–Crippen MR) is 69.6 cm³/mol. The van der Waals surface area contributed by atoms with Gasteiger partial charge in [-0.3, -0.25) is 0 Å². The number of hydrogen-bond donors (Lipinski definition) is 2. The average Bonchev–Trinajstić information content (AvgIpc) is 2.51. The summed E-state index contributed by atoms with van der Waals surface area (Å²) in [5.41, 5.74) is -0.494. The fraction of sp³-hybridized carbons (Fsp3) is 1.00. The van der Waals surface area contributed by atoms with Gasteiger partial charge in [-0.05, 0) is 31.6 Å². The Kier molecular flexibility index (Phi) is 5.77. The molecule has 1 aliphatic rings. The van der Waals surface area contributed by atoms with Crippen molar-refractivity contribution in [2.45, 2.75) is 77.4 Å². The van der Waals surface area contributed by atoms with Gasteiger partial charge in [0.15, 0.2) is 0 Å². The molecule has 1 saturated carbocycles. The lowest BCUT2D eigenvalue weighted by Gasteiger charge is -2.30. The number of nitrogens with one attached hydrogen (secondary N) is 1. The molecule has 0 aliphatic heterocycles. The molecule has 1 rings (SSSR count). The molecule has 0 bridgehead atoms. The topological polar surface area (TPSA) is 32.3 Å². The molecule has 2 atom stereocenters. The van der Waals surface area contributed by atoms with Crippen LogP contribution in [0.5, 0.6) is 0 Å². The van der Waals surface area contributed by atoms with Crippen LogP contribution < -0.4 is 5.32 Å². The van der Waals surface area contributed by atoms with E-state index < -0.39 is 5.60 Å². The van der Waals surface area contributed by atoms with E-state index in [1.54, 1.807) is 0 Å². The fourth-order valence-corrected chi connectivity index (χ4v) is 2.62. The lowest BCUT2D eigenvalue weighted by Crippen LogP contribution is -2.45. The molecule has 16 heavy (non-hydrogen) atoms. The van der Waals surface area contributed by atoms with Crippen molar-refractivity contribution in [2.24, 2.45) is 5.92 Å². The molecule has 0 amide bonds. The highest BCUT2D eigenvalue weighted by Gasteiger charge is 2.25. The van der Waals surface area contributed by atoms with Crippen molar-refractivity contribution in [3.63, 3.8) is 0 Å². The quantitative estimate of drug-likeness (QED) is 0.707. The molecule has 1 fully saturated rings. The van der Waals surface area contributed by atoms with Crippen LogP contribution in [-0.4, -0.2) is 23.3 Å². The second-order valence-corrected chi connectivity index (χ2v) is 5.53. The summed E-state index contributed by atoms with van der Waals surface area (Å²) in [5, 5.41) is 13.9. The van der Waals surface area contributed by atoms with Crippen LogP contribution in [0.25, 0.3) is 0 Å². The van der Waals surface area contributed by atoms with Gasteiger partial charge in [0.05, 0.1) is 5.60 Å². The van der Waals surface area contributed by atoms with Crippen LogP contribution in [0.4, 0.5) is 0 Å². The Morgan fingerprint density at radius 3 is 2.38 bits per heavy atom. The highest BCUT2D eigenvalue weighted by Crippen LogP contribution is 2.24. The van der Waals surface area contributed by atoms with Crippen LogP contribution in [0.1, 0.15) is 65.7 Å². The molecule has 0 radical (unpaired) electrons. The lowest BCUT2D eigenvalue weighted by molar-refractivity contribution is 0.0278. The van der Waals surface area contributed by atoms with Crippen LogP contribution in [0, 0.1) is 5.92 Å². The van der Waals surface area contributed by atoms with Crippen molar-refractivity contribution in [3.8, 4) is 0 Å². The molecular formula is C14H29NO. The summed E-state index contributed by atoms with van der Waals surface area (Å²) < 4.78 is 0. The highest BCUT2D eigenvalue weighted by molar-refractivity contribution is 4.83. The van der Waals surface area contributed by atoms with Crippen molar-refractivity contribution in [3.05, 3.63) is 0 Å². The number of aliphatic hydroxyl groups is 1. The van der Waals surface area contributed by atoms with Gasteiger partial charge in [-0.15, -0.1) is 0 Å².